The van der Waals surface area contributed by atoms with Crippen molar-refractivity contribution in [2.24, 2.45) is 5.92 Å². The molecule has 1 saturated carbocycles. The molecule has 1 amide bonds. The zero-order valence-corrected chi connectivity index (χ0v) is 11.8. The van der Waals surface area contributed by atoms with Crippen LogP contribution in [-0.4, -0.2) is 19.1 Å². The van der Waals surface area contributed by atoms with Crippen LogP contribution in [0.4, 0.5) is 0 Å². The second kappa shape index (κ2) is 6.60. The van der Waals surface area contributed by atoms with Crippen LogP contribution < -0.4 is 10.1 Å². The summed E-state index contributed by atoms with van der Waals surface area (Å²) in [5.74, 6) is 1.77. The molecule has 1 aromatic carbocycles. The van der Waals surface area contributed by atoms with Crippen LogP contribution in [0.25, 0.3) is 0 Å². The highest BCUT2D eigenvalue weighted by molar-refractivity contribution is 5.76. The molecular weight excluding hydrogens is 238 g/mol. The molecule has 1 aliphatic rings. The van der Waals surface area contributed by atoms with Gasteiger partial charge < -0.3 is 10.1 Å². The van der Waals surface area contributed by atoms with Crippen molar-refractivity contribution in [2.75, 3.05) is 7.11 Å². The number of carbonyl (C=O) groups is 1. The van der Waals surface area contributed by atoms with E-state index in [4.69, 9.17) is 4.74 Å². The number of carbonyl (C=O) groups excluding carboxylic acids is 1. The average molecular weight is 261 g/mol. The van der Waals surface area contributed by atoms with E-state index in [1.807, 2.05) is 24.3 Å². The lowest BCUT2D eigenvalue weighted by molar-refractivity contribution is -0.121. The number of methoxy groups -OCH3 is 1. The van der Waals surface area contributed by atoms with Crippen molar-refractivity contribution in [1.82, 2.24) is 5.32 Å². The van der Waals surface area contributed by atoms with Gasteiger partial charge >= 0.3 is 0 Å². The van der Waals surface area contributed by atoms with E-state index in [9.17, 15) is 4.79 Å². The van der Waals surface area contributed by atoms with E-state index in [0.717, 1.165) is 36.5 Å². The summed E-state index contributed by atoms with van der Waals surface area (Å²) in [5.41, 5.74) is 1.10. The van der Waals surface area contributed by atoms with Gasteiger partial charge in [0, 0.05) is 12.5 Å². The number of para-hydroxylation sites is 1. The van der Waals surface area contributed by atoms with Crippen molar-refractivity contribution >= 4 is 5.91 Å². The number of rotatable bonds is 5. The summed E-state index contributed by atoms with van der Waals surface area (Å²) in [5, 5.41) is 3.14. The third-order valence-corrected chi connectivity index (χ3v) is 3.87. The minimum Gasteiger partial charge on any atom is -0.496 e. The highest BCUT2D eigenvalue weighted by Crippen LogP contribution is 2.25. The fourth-order valence-corrected chi connectivity index (χ4v) is 2.80. The third-order valence-electron chi connectivity index (χ3n) is 3.87. The first-order chi connectivity index (χ1) is 9.19. The van der Waals surface area contributed by atoms with Crippen LogP contribution in [0, 0.1) is 5.92 Å². The Labute approximate surface area is 115 Å². The van der Waals surface area contributed by atoms with Crippen molar-refractivity contribution in [2.45, 2.75) is 45.1 Å². The SMILES string of the molecule is COc1ccccc1CCC(=O)NC1CCC(C)C1. The Morgan fingerprint density at radius 2 is 2.16 bits per heavy atom. The monoisotopic (exact) mass is 261 g/mol. The first kappa shape index (κ1) is 13.9. The molecule has 1 aromatic rings. The van der Waals surface area contributed by atoms with Crippen LogP contribution in [0.1, 0.15) is 38.2 Å². The fraction of sp³-hybridized carbons (Fsp3) is 0.562. The normalized spacial score (nSPS) is 22.2. The maximum atomic E-state index is 11.9. The zero-order chi connectivity index (χ0) is 13.7. The van der Waals surface area contributed by atoms with Crippen LogP contribution in [0.5, 0.6) is 5.75 Å². The van der Waals surface area contributed by atoms with Gasteiger partial charge in [0.1, 0.15) is 5.75 Å². The maximum Gasteiger partial charge on any atom is 0.220 e. The standard InChI is InChI=1S/C16H23NO2/c1-12-7-9-14(11-12)17-16(18)10-8-13-5-3-4-6-15(13)19-2/h3-6,12,14H,7-11H2,1-2H3,(H,17,18). The van der Waals surface area contributed by atoms with Gasteiger partial charge in [-0.15, -0.1) is 0 Å². The molecule has 3 heteroatoms. The van der Waals surface area contributed by atoms with E-state index in [2.05, 4.69) is 12.2 Å². The zero-order valence-electron chi connectivity index (χ0n) is 11.8. The lowest BCUT2D eigenvalue weighted by atomic mass is 10.1. The molecule has 1 aliphatic carbocycles. The summed E-state index contributed by atoms with van der Waals surface area (Å²) < 4.78 is 5.29. The number of hydrogen-bond donors (Lipinski definition) is 1. The summed E-state index contributed by atoms with van der Waals surface area (Å²) in [6.45, 7) is 2.25. The molecule has 2 rings (SSSR count). The topological polar surface area (TPSA) is 38.3 Å². The summed E-state index contributed by atoms with van der Waals surface area (Å²) in [4.78, 5) is 11.9. The predicted octanol–water partition coefficient (Wildman–Crippen LogP) is 2.93. The van der Waals surface area contributed by atoms with Crippen molar-refractivity contribution in [1.29, 1.82) is 0 Å². The van der Waals surface area contributed by atoms with Gasteiger partial charge in [-0.2, -0.15) is 0 Å². The van der Waals surface area contributed by atoms with Crippen molar-refractivity contribution in [3.05, 3.63) is 29.8 Å². The quantitative estimate of drug-likeness (QED) is 0.885. The summed E-state index contributed by atoms with van der Waals surface area (Å²) in [6, 6.07) is 8.27. The highest BCUT2D eigenvalue weighted by Gasteiger charge is 2.22. The van der Waals surface area contributed by atoms with Gasteiger partial charge in [-0.3, -0.25) is 4.79 Å². The molecule has 2 atom stereocenters. The number of ether oxygens (including phenoxy) is 1. The molecule has 0 spiro atoms. The van der Waals surface area contributed by atoms with Gasteiger partial charge in [0.05, 0.1) is 7.11 Å². The molecule has 104 valence electrons. The number of nitrogens with one attached hydrogen (secondary N) is 1. The molecule has 1 fully saturated rings. The second-order valence-corrected chi connectivity index (χ2v) is 5.49. The molecule has 19 heavy (non-hydrogen) atoms. The summed E-state index contributed by atoms with van der Waals surface area (Å²) >= 11 is 0. The highest BCUT2D eigenvalue weighted by atomic mass is 16.5. The van der Waals surface area contributed by atoms with E-state index in [-0.39, 0.29) is 5.91 Å². The van der Waals surface area contributed by atoms with E-state index >= 15 is 0 Å². The smallest absolute Gasteiger partial charge is 0.220 e. The van der Waals surface area contributed by atoms with E-state index in [1.54, 1.807) is 7.11 Å². The first-order valence-corrected chi connectivity index (χ1v) is 7.10. The number of hydrogen-bond acceptors (Lipinski definition) is 2. The maximum absolute atomic E-state index is 11.9. The van der Waals surface area contributed by atoms with Crippen LogP contribution in [-0.2, 0) is 11.2 Å². The number of aryl methyl sites for hydroxylation is 1. The van der Waals surface area contributed by atoms with Gasteiger partial charge in [0.2, 0.25) is 5.91 Å². The molecule has 0 radical (unpaired) electrons. The second-order valence-electron chi connectivity index (χ2n) is 5.49. The van der Waals surface area contributed by atoms with Crippen molar-refractivity contribution < 1.29 is 9.53 Å². The Morgan fingerprint density at radius 3 is 2.84 bits per heavy atom. The minimum absolute atomic E-state index is 0.157. The molecule has 2 unspecified atom stereocenters. The lowest BCUT2D eigenvalue weighted by Crippen LogP contribution is -2.33. The van der Waals surface area contributed by atoms with Crippen LogP contribution in [0.3, 0.4) is 0 Å². The first-order valence-electron chi connectivity index (χ1n) is 7.10. The molecule has 0 heterocycles. The summed E-state index contributed by atoms with van der Waals surface area (Å²) in [7, 11) is 1.67. The van der Waals surface area contributed by atoms with E-state index in [1.165, 1.54) is 6.42 Å². The lowest BCUT2D eigenvalue weighted by Gasteiger charge is -2.13. The molecule has 1 N–H and O–H groups in total. The predicted molar refractivity (Wildman–Crippen MR) is 76.3 cm³/mol. The Bertz CT molecular complexity index is 431. The Hall–Kier alpha value is -1.51. The number of amides is 1. The van der Waals surface area contributed by atoms with Gasteiger partial charge in [0.15, 0.2) is 0 Å². The van der Waals surface area contributed by atoms with Gasteiger partial charge in [-0.25, -0.2) is 0 Å². The fourth-order valence-electron chi connectivity index (χ4n) is 2.80. The van der Waals surface area contributed by atoms with Crippen LogP contribution in [0.2, 0.25) is 0 Å². The van der Waals surface area contributed by atoms with Crippen molar-refractivity contribution in [3.8, 4) is 5.75 Å². The molecular formula is C16H23NO2. The van der Waals surface area contributed by atoms with Crippen LogP contribution in [0.15, 0.2) is 24.3 Å². The Kier molecular flexibility index (Phi) is 4.83. The molecule has 0 saturated heterocycles. The van der Waals surface area contributed by atoms with Crippen LogP contribution >= 0.6 is 0 Å². The van der Waals surface area contributed by atoms with Gasteiger partial charge in [0.25, 0.3) is 0 Å². The molecule has 3 nitrogen and oxygen atoms in total. The van der Waals surface area contributed by atoms with Crippen molar-refractivity contribution in [3.63, 3.8) is 0 Å². The Morgan fingerprint density at radius 1 is 1.37 bits per heavy atom. The summed E-state index contributed by atoms with van der Waals surface area (Å²) in [6.07, 6.45) is 4.75. The van der Waals surface area contributed by atoms with Gasteiger partial charge in [-0.1, -0.05) is 25.1 Å². The average Bonchev–Trinajstić information content (AvgIpc) is 2.82. The van der Waals surface area contributed by atoms with Gasteiger partial charge in [-0.05, 0) is 43.2 Å². The third kappa shape index (κ3) is 3.98. The number of benzene rings is 1. The van der Waals surface area contributed by atoms with E-state index < -0.39 is 0 Å². The molecule has 0 aromatic heterocycles. The minimum atomic E-state index is 0.157. The molecule has 0 bridgehead atoms. The Balaban J connectivity index is 1.80. The van der Waals surface area contributed by atoms with E-state index in [0.29, 0.717) is 12.5 Å². The largest absolute Gasteiger partial charge is 0.496 e. The molecule has 0 aliphatic heterocycles.